The van der Waals surface area contributed by atoms with Crippen LogP contribution in [-0.2, 0) is 0 Å². The van der Waals surface area contributed by atoms with Crippen LogP contribution < -0.4 is 15.9 Å². The second kappa shape index (κ2) is 13.4. The molecule has 0 fully saturated rings. The smallest absolute Gasteiger partial charge is 0.00610 e. The fourth-order valence-electron chi connectivity index (χ4n) is 5.99. The molecule has 0 aliphatic carbocycles. The predicted molar refractivity (Wildman–Crippen MR) is 187 cm³/mol. The highest BCUT2D eigenvalue weighted by molar-refractivity contribution is 7.79. The SMILES string of the molecule is CC(c1ccccc1)c1ccc(P(c2ccc(C(C)c3ccccc3)cc2)c2ccc(C(C)c3ccccc3)cc2)cc1. The molecule has 0 spiro atoms. The number of hydrogen-bond acceptors (Lipinski definition) is 0. The maximum Gasteiger partial charge on any atom is 0.00610 e. The zero-order valence-corrected chi connectivity index (χ0v) is 26.2. The molecule has 0 heterocycles. The molecule has 0 amide bonds. The third kappa shape index (κ3) is 6.56. The highest BCUT2D eigenvalue weighted by Crippen LogP contribution is 2.36. The second-order valence-corrected chi connectivity index (χ2v) is 13.7. The number of rotatable bonds is 9. The van der Waals surface area contributed by atoms with Gasteiger partial charge in [-0.1, -0.05) is 185 Å². The Morgan fingerprint density at radius 2 is 0.488 bits per heavy atom. The van der Waals surface area contributed by atoms with Gasteiger partial charge in [-0.3, -0.25) is 0 Å². The minimum absolute atomic E-state index is 0.360. The average Bonchev–Trinajstić information content (AvgIpc) is 3.09. The fraction of sp³-hybridized carbons (Fsp3) is 0.143. The lowest BCUT2D eigenvalue weighted by molar-refractivity contribution is 0.923. The normalized spacial score (nSPS) is 14.0. The van der Waals surface area contributed by atoms with Crippen molar-refractivity contribution >= 4 is 23.8 Å². The Morgan fingerprint density at radius 3 is 0.721 bits per heavy atom. The first-order chi connectivity index (χ1) is 21.1. The Bertz CT molecular complexity index is 1490. The summed E-state index contributed by atoms with van der Waals surface area (Å²) in [7, 11) is -0.704. The van der Waals surface area contributed by atoms with Gasteiger partial charge in [0.2, 0.25) is 0 Å². The Labute approximate surface area is 258 Å². The van der Waals surface area contributed by atoms with Gasteiger partial charge in [0.15, 0.2) is 0 Å². The van der Waals surface area contributed by atoms with E-state index in [0.29, 0.717) is 17.8 Å². The van der Waals surface area contributed by atoms with Crippen LogP contribution in [0.3, 0.4) is 0 Å². The Kier molecular flexibility index (Phi) is 8.97. The van der Waals surface area contributed by atoms with Crippen molar-refractivity contribution in [2.24, 2.45) is 0 Å². The van der Waals surface area contributed by atoms with E-state index in [9.17, 15) is 0 Å². The van der Waals surface area contributed by atoms with Crippen LogP contribution in [0.15, 0.2) is 164 Å². The molecule has 0 N–H and O–H groups in total. The molecule has 212 valence electrons. The summed E-state index contributed by atoms with van der Waals surface area (Å²) >= 11 is 0. The average molecular weight is 575 g/mol. The molecule has 0 aromatic heterocycles. The Balaban J connectivity index is 1.33. The van der Waals surface area contributed by atoms with E-state index in [0.717, 1.165) is 0 Å². The molecule has 0 radical (unpaired) electrons. The molecule has 43 heavy (non-hydrogen) atoms. The molecule has 0 aliphatic heterocycles. The minimum Gasteiger partial charge on any atom is -0.0622 e. The summed E-state index contributed by atoms with van der Waals surface area (Å²) in [6.07, 6.45) is 0. The van der Waals surface area contributed by atoms with Crippen molar-refractivity contribution in [2.75, 3.05) is 0 Å². The van der Waals surface area contributed by atoms with Gasteiger partial charge < -0.3 is 0 Å². The second-order valence-electron chi connectivity index (χ2n) is 11.5. The van der Waals surface area contributed by atoms with Crippen LogP contribution in [0.25, 0.3) is 0 Å². The van der Waals surface area contributed by atoms with Crippen LogP contribution in [0, 0.1) is 0 Å². The van der Waals surface area contributed by atoms with Gasteiger partial charge in [-0.05, 0) is 57.2 Å². The maximum absolute atomic E-state index is 2.36. The molecule has 6 aromatic rings. The van der Waals surface area contributed by atoms with Crippen molar-refractivity contribution in [1.82, 2.24) is 0 Å². The summed E-state index contributed by atoms with van der Waals surface area (Å²) in [5, 5.41) is 4.14. The van der Waals surface area contributed by atoms with Gasteiger partial charge in [0, 0.05) is 17.8 Å². The topological polar surface area (TPSA) is 0 Å². The van der Waals surface area contributed by atoms with E-state index in [1.54, 1.807) is 0 Å². The van der Waals surface area contributed by atoms with E-state index in [-0.39, 0.29) is 0 Å². The van der Waals surface area contributed by atoms with Crippen LogP contribution in [-0.4, -0.2) is 0 Å². The van der Waals surface area contributed by atoms with Crippen molar-refractivity contribution in [3.05, 3.63) is 197 Å². The standard InChI is InChI=1S/C42H39P/c1-31(34-13-7-4-8-14-34)37-19-25-40(26-20-37)43(41-27-21-38(22-28-41)32(2)35-15-9-5-10-16-35)42-29-23-39(24-30-42)33(3)36-17-11-6-12-18-36/h4-33H,1-3H3. The molecular weight excluding hydrogens is 535 g/mol. The molecule has 3 atom stereocenters. The first kappa shape index (κ1) is 28.9. The van der Waals surface area contributed by atoms with E-state index < -0.39 is 7.92 Å². The summed E-state index contributed by atoms with van der Waals surface area (Å²) in [6.45, 7) is 6.89. The zero-order valence-electron chi connectivity index (χ0n) is 25.3. The van der Waals surface area contributed by atoms with Crippen LogP contribution >= 0.6 is 7.92 Å². The minimum atomic E-state index is -0.704. The maximum atomic E-state index is 2.36. The molecule has 0 bridgehead atoms. The predicted octanol–water partition coefficient (Wildman–Crippen LogP) is 9.90. The molecule has 0 saturated heterocycles. The van der Waals surface area contributed by atoms with Gasteiger partial charge in [0.1, 0.15) is 0 Å². The first-order valence-electron chi connectivity index (χ1n) is 15.3. The van der Waals surface area contributed by atoms with Crippen molar-refractivity contribution in [2.45, 2.75) is 38.5 Å². The molecule has 0 nitrogen and oxygen atoms in total. The van der Waals surface area contributed by atoms with Gasteiger partial charge in [-0.15, -0.1) is 0 Å². The lowest BCUT2D eigenvalue weighted by Gasteiger charge is -2.22. The van der Waals surface area contributed by atoms with Crippen molar-refractivity contribution < 1.29 is 0 Å². The molecule has 3 unspecified atom stereocenters. The molecule has 6 rings (SSSR count). The molecule has 0 aliphatic rings. The van der Waals surface area contributed by atoms with Crippen molar-refractivity contribution in [3.63, 3.8) is 0 Å². The number of hydrogen-bond donors (Lipinski definition) is 0. The Hall–Kier alpha value is -4.25. The fourth-order valence-corrected chi connectivity index (χ4v) is 8.22. The van der Waals surface area contributed by atoms with Crippen LogP contribution in [0.4, 0.5) is 0 Å². The van der Waals surface area contributed by atoms with E-state index >= 15 is 0 Å². The van der Waals surface area contributed by atoms with Gasteiger partial charge in [0.05, 0.1) is 0 Å². The molecule has 0 saturated carbocycles. The third-order valence-corrected chi connectivity index (χ3v) is 11.3. The summed E-state index contributed by atoms with van der Waals surface area (Å²) in [4.78, 5) is 0. The van der Waals surface area contributed by atoms with Crippen molar-refractivity contribution in [3.8, 4) is 0 Å². The number of benzene rings is 6. The van der Waals surface area contributed by atoms with E-state index in [4.69, 9.17) is 0 Å². The summed E-state index contributed by atoms with van der Waals surface area (Å²) in [6, 6.07) is 60.6. The van der Waals surface area contributed by atoms with E-state index in [2.05, 4.69) is 185 Å². The monoisotopic (exact) mass is 574 g/mol. The van der Waals surface area contributed by atoms with Crippen LogP contribution in [0.2, 0.25) is 0 Å². The van der Waals surface area contributed by atoms with E-state index in [1.165, 1.54) is 49.3 Å². The lowest BCUT2D eigenvalue weighted by Crippen LogP contribution is -2.21. The quantitative estimate of drug-likeness (QED) is 0.151. The molecular formula is C42H39P. The molecule has 6 aromatic carbocycles. The van der Waals surface area contributed by atoms with Crippen LogP contribution in [0.1, 0.15) is 71.9 Å². The van der Waals surface area contributed by atoms with Gasteiger partial charge in [-0.25, -0.2) is 0 Å². The molecule has 1 heteroatoms. The summed E-state index contributed by atoms with van der Waals surface area (Å²) < 4.78 is 0. The highest BCUT2D eigenvalue weighted by atomic mass is 31.1. The Morgan fingerprint density at radius 1 is 0.279 bits per heavy atom. The highest BCUT2D eigenvalue weighted by Gasteiger charge is 2.19. The lowest BCUT2D eigenvalue weighted by atomic mass is 9.93. The summed E-state index contributed by atoms with van der Waals surface area (Å²) in [5.74, 6) is 1.08. The van der Waals surface area contributed by atoms with Gasteiger partial charge >= 0.3 is 0 Å². The van der Waals surface area contributed by atoms with Gasteiger partial charge in [-0.2, -0.15) is 0 Å². The zero-order chi connectivity index (χ0) is 29.6. The van der Waals surface area contributed by atoms with E-state index in [1.807, 2.05) is 0 Å². The van der Waals surface area contributed by atoms with Crippen LogP contribution in [0.5, 0.6) is 0 Å². The third-order valence-electron chi connectivity index (χ3n) is 8.85. The first-order valence-corrected chi connectivity index (χ1v) is 16.7. The van der Waals surface area contributed by atoms with Crippen molar-refractivity contribution in [1.29, 1.82) is 0 Å². The summed E-state index contributed by atoms with van der Waals surface area (Å²) in [5.41, 5.74) is 8.10. The van der Waals surface area contributed by atoms with Gasteiger partial charge in [0.25, 0.3) is 0 Å². The largest absolute Gasteiger partial charge is 0.0622 e.